The van der Waals surface area contributed by atoms with E-state index in [1.54, 1.807) is 6.92 Å². The molecule has 0 saturated carbocycles. The van der Waals surface area contributed by atoms with Crippen LogP contribution in [0, 0.1) is 5.41 Å². The molecule has 0 N–H and O–H groups in total. The predicted octanol–water partition coefficient (Wildman–Crippen LogP) is 1.44. The average Bonchev–Trinajstić information content (AvgIpc) is 2.10. The fourth-order valence-electron chi connectivity index (χ4n) is 1.39. The molecule has 0 aliphatic carbocycles. The Morgan fingerprint density at radius 3 is 2.71 bits per heavy atom. The van der Waals surface area contributed by atoms with Gasteiger partial charge in [0, 0.05) is 12.0 Å². The summed E-state index contributed by atoms with van der Waals surface area (Å²) < 4.78 is 4.83. The van der Waals surface area contributed by atoms with Crippen LogP contribution < -0.4 is 0 Å². The molecule has 1 aliphatic heterocycles. The van der Waals surface area contributed by atoms with Crippen LogP contribution in [-0.2, 0) is 9.53 Å². The third-order valence-electron chi connectivity index (χ3n) is 2.62. The lowest BCUT2D eigenvalue weighted by molar-refractivity contribution is -0.131. The Kier molecular flexibility index (Phi) is 3.13. The van der Waals surface area contributed by atoms with Gasteiger partial charge in [0.2, 0.25) is 0 Å². The van der Waals surface area contributed by atoms with Gasteiger partial charge in [0.15, 0.2) is 5.78 Å². The van der Waals surface area contributed by atoms with Crippen molar-refractivity contribution in [1.82, 2.24) is 4.90 Å². The van der Waals surface area contributed by atoms with E-state index in [-0.39, 0.29) is 23.8 Å². The number of likely N-dealkylation sites (tertiary alicyclic amines) is 1. The standard InChI is InChI=1S/C10H17NO3/c1-4-14-9(13)11-6-5-10(2,3)8(12)7-11/h4-7H2,1-3H3. The summed E-state index contributed by atoms with van der Waals surface area (Å²) in [6.07, 6.45) is 0.335. The van der Waals surface area contributed by atoms with Gasteiger partial charge in [-0.2, -0.15) is 0 Å². The summed E-state index contributed by atoms with van der Waals surface area (Å²) in [7, 11) is 0. The second kappa shape index (κ2) is 3.98. The summed E-state index contributed by atoms with van der Waals surface area (Å²) in [6.45, 7) is 6.74. The minimum Gasteiger partial charge on any atom is -0.450 e. The van der Waals surface area contributed by atoms with Crippen molar-refractivity contribution in [3.05, 3.63) is 0 Å². The number of rotatable bonds is 1. The van der Waals surface area contributed by atoms with Crippen molar-refractivity contribution in [3.63, 3.8) is 0 Å². The number of hydrogen-bond donors (Lipinski definition) is 0. The molecule has 80 valence electrons. The van der Waals surface area contributed by atoms with Crippen LogP contribution in [0.2, 0.25) is 0 Å². The molecule has 1 saturated heterocycles. The maximum Gasteiger partial charge on any atom is 0.410 e. The van der Waals surface area contributed by atoms with E-state index >= 15 is 0 Å². The lowest BCUT2D eigenvalue weighted by Gasteiger charge is -2.34. The molecule has 0 unspecified atom stereocenters. The van der Waals surface area contributed by atoms with Crippen LogP contribution in [0.15, 0.2) is 0 Å². The number of ether oxygens (including phenoxy) is 1. The number of ketones is 1. The Balaban J connectivity index is 2.55. The molecule has 1 amide bonds. The van der Waals surface area contributed by atoms with Crippen molar-refractivity contribution in [2.75, 3.05) is 19.7 Å². The highest BCUT2D eigenvalue weighted by Gasteiger charge is 2.35. The number of carbonyl (C=O) groups is 2. The number of carbonyl (C=O) groups excluding carboxylic acids is 2. The molecule has 14 heavy (non-hydrogen) atoms. The predicted molar refractivity (Wildman–Crippen MR) is 52.0 cm³/mol. The first-order valence-corrected chi connectivity index (χ1v) is 4.92. The summed E-state index contributed by atoms with van der Waals surface area (Å²) >= 11 is 0. The van der Waals surface area contributed by atoms with Gasteiger partial charge in [-0.05, 0) is 13.3 Å². The van der Waals surface area contributed by atoms with Gasteiger partial charge in [0.25, 0.3) is 0 Å². The molecule has 1 heterocycles. The number of Topliss-reactive ketones (excluding diaryl/α,β-unsaturated/α-hetero) is 1. The molecule has 0 atom stereocenters. The van der Waals surface area contributed by atoms with E-state index in [0.717, 1.165) is 0 Å². The van der Waals surface area contributed by atoms with Crippen molar-refractivity contribution >= 4 is 11.9 Å². The van der Waals surface area contributed by atoms with Gasteiger partial charge in [-0.1, -0.05) is 13.8 Å². The number of piperidine rings is 1. The van der Waals surface area contributed by atoms with Gasteiger partial charge in [0.05, 0.1) is 13.2 Å². The Hall–Kier alpha value is -1.06. The van der Waals surface area contributed by atoms with Gasteiger partial charge in [-0.3, -0.25) is 4.79 Å². The van der Waals surface area contributed by atoms with Gasteiger partial charge in [-0.25, -0.2) is 4.79 Å². The molecule has 0 aromatic carbocycles. The zero-order valence-electron chi connectivity index (χ0n) is 9.00. The van der Waals surface area contributed by atoms with E-state index in [4.69, 9.17) is 4.74 Å². The molecule has 1 fully saturated rings. The summed E-state index contributed by atoms with van der Waals surface area (Å²) in [6, 6.07) is 0. The van der Waals surface area contributed by atoms with E-state index < -0.39 is 0 Å². The largest absolute Gasteiger partial charge is 0.450 e. The highest BCUT2D eigenvalue weighted by atomic mass is 16.6. The first-order chi connectivity index (χ1) is 6.47. The molecular weight excluding hydrogens is 182 g/mol. The maximum atomic E-state index is 11.6. The molecule has 0 bridgehead atoms. The molecule has 0 radical (unpaired) electrons. The minimum atomic E-state index is -0.378. The first kappa shape index (κ1) is 11.0. The quantitative estimate of drug-likeness (QED) is 0.642. The highest BCUT2D eigenvalue weighted by Crippen LogP contribution is 2.26. The fraction of sp³-hybridized carbons (Fsp3) is 0.800. The van der Waals surface area contributed by atoms with Crippen LogP contribution >= 0.6 is 0 Å². The molecule has 0 aromatic rings. The lowest BCUT2D eigenvalue weighted by Crippen LogP contribution is -2.47. The second-order valence-corrected chi connectivity index (χ2v) is 4.18. The third-order valence-corrected chi connectivity index (χ3v) is 2.62. The van der Waals surface area contributed by atoms with Crippen molar-refractivity contribution in [1.29, 1.82) is 0 Å². The molecule has 4 heteroatoms. The monoisotopic (exact) mass is 199 g/mol. The Labute approximate surface area is 84.2 Å². The van der Waals surface area contributed by atoms with Crippen LogP contribution in [0.4, 0.5) is 4.79 Å². The molecule has 0 spiro atoms. The third kappa shape index (κ3) is 2.25. The van der Waals surface area contributed by atoms with E-state index in [9.17, 15) is 9.59 Å². The SMILES string of the molecule is CCOC(=O)N1CCC(C)(C)C(=O)C1. The first-order valence-electron chi connectivity index (χ1n) is 4.92. The van der Waals surface area contributed by atoms with E-state index in [2.05, 4.69) is 0 Å². The fourth-order valence-corrected chi connectivity index (χ4v) is 1.39. The van der Waals surface area contributed by atoms with E-state index in [1.165, 1.54) is 4.90 Å². The summed E-state index contributed by atoms with van der Waals surface area (Å²) in [5.74, 6) is 0.108. The Bertz CT molecular complexity index is 248. The van der Waals surface area contributed by atoms with Crippen LogP contribution in [0.5, 0.6) is 0 Å². The zero-order chi connectivity index (χ0) is 10.8. The minimum absolute atomic E-state index is 0.108. The van der Waals surface area contributed by atoms with Gasteiger partial charge in [-0.15, -0.1) is 0 Å². The Morgan fingerprint density at radius 1 is 1.57 bits per heavy atom. The molecule has 0 aromatic heterocycles. The average molecular weight is 199 g/mol. The van der Waals surface area contributed by atoms with Gasteiger partial charge >= 0.3 is 6.09 Å². The summed E-state index contributed by atoms with van der Waals surface area (Å²) in [5, 5.41) is 0. The molecular formula is C10H17NO3. The second-order valence-electron chi connectivity index (χ2n) is 4.18. The van der Waals surface area contributed by atoms with Crippen LogP contribution in [0.1, 0.15) is 27.2 Å². The normalized spacial score (nSPS) is 20.8. The van der Waals surface area contributed by atoms with Crippen LogP contribution in [-0.4, -0.2) is 36.5 Å². The topological polar surface area (TPSA) is 46.6 Å². The molecule has 1 rings (SSSR count). The molecule has 4 nitrogen and oxygen atoms in total. The number of hydrogen-bond acceptors (Lipinski definition) is 3. The van der Waals surface area contributed by atoms with Gasteiger partial charge < -0.3 is 9.64 Å². The van der Waals surface area contributed by atoms with Gasteiger partial charge in [0.1, 0.15) is 0 Å². The summed E-state index contributed by atoms with van der Waals surface area (Å²) in [5.41, 5.74) is -0.289. The van der Waals surface area contributed by atoms with Crippen LogP contribution in [0.25, 0.3) is 0 Å². The molecule has 1 aliphatic rings. The zero-order valence-corrected chi connectivity index (χ0v) is 9.00. The van der Waals surface area contributed by atoms with Crippen molar-refractivity contribution in [2.45, 2.75) is 27.2 Å². The van der Waals surface area contributed by atoms with Crippen molar-refractivity contribution < 1.29 is 14.3 Å². The number of nitrogens with zero attached hydrogens (tertiary/aromatic N) is 1. The van der Waals surface area contributed by atoms with Crippen molar-refractivity contribution in [2.24, 2.45) is 5.41 Å². The number of amides is 1. The highest BCUT2D eigenvalue weighted by molar-refractivity contribution is 5.89. The van der Waals surface area contributed by atoms with E-state index in [1.807, 2.05) is 13.8 Å². The smallest absolute Gasteiger partial charge is 0.410 e. The Morgan fingerprint density at radius 2 is 2.21 bits per heavy atom. The van der Waals surface area contributed by atoms with Crippen LogP contribution in [0.3, 0.4) is 0 Å². The van der Waals surface area contributed by atoms with Crippen molar-refractivity contribution in [3.8, 4) is 0 Å². The summed E-state index contributed by atoms with van der Waals surface area (Å²) in [4.78, 5) is 24.4. The lowest BCUT2D eigenvalue weighted by atomic mass is 9.81. The maximum absolute atomic E-state index is 11.6. The van der Waals surface area contributed by atoms with E-state index in [0.29, 0.717) is 19.6 Å².